The van der Waals surface area contributed by atoms with Gasteiger partial charge in [-0.1, -0.05) is 55.6 Å². The van der Waals surface area contributed by atoms with Gasteiger partial charge in [0.05, 0.1) is 0 Å². The maximum absolute atomic E-state index is 13.6. The summed E-state index contributed by atoms with van der Waals surface area (Å²) in [5.74, 6) is -1.24. The van der Waals surface area contributed by atoms with Crippen LogP contribution in [-0.2, 0) is 19.1 Å². The Morgan fingerprint density at radius 3 is 1.24 bits per heavy atom. The lowest BCUT2D eigenvalue weighted by molar-refractivity contribution is -0.139. The first kappa shape index (κ1) is 31.2. The summed E-state index contributed by atoms with van der Waals surface area (Å²) in [6, 6.07) is 23.4. The topological polar surface area (TPSA) is 99.7 Å². The fourth-order valence-corrected chi connectivity index (χ4v) is 3.68. The first-order valence-corrected chi connectivity index (χ1v) is 13.0. The molecule has 4 amide bonds. The van der Waals surface area contributed by atoms with Gasteiger partial charge >= 0.3 is 24.0 Å². The lowest BCUT2D eigenvalue weighted by atomic mass is 10.2. The molecule has 0 bridgehead atoms. The number of rotatable bonds is 10. The quantitative estimate of drug-likeness (QED) is 0.169. The van der Waals surface area contributed by atoms with Crippen LogP contribution < -0.4 is 19.6 Å². The summed E-state index contributed by atoms with van der Waals surface area (Å²) in [4.78, 5) is 56.8. The molecule has 0 N–H and O–H groups in total. The second kappa shape index (κ2) is 14.3. The van der Waals surface area contributed by atoms with Gasteiger partial charge in [-0.2, -0.15) is 0 Å². The standard InChI is InChI=1S/C32H34N4O6/c1-23(2)29(37)41-21-35(25-14-9-7-10-15-25)31(39)33(5)27-18-13-19-28(20-27)34(6)32(40)36(22-42-30(38)24(3)4)26-16-11-8-12-17-26/h7-20H,1,3,21-22H2,2,4-6H3. The van der Waals surface area contributed by atoms with E-state index in [4.69, 9.17) is 9.47 Å². The molecular formula is C32H34N4O6. The van der Waals surface area contributed by atoms with Crippen LogP contribution in [0, 0.1) is 0 Å². The Hall–Kier alpha value is -5.38. The average molecular weight is 571 g/mol. The second-order valence-corrected chi connectivity index (χ2v) is 9.41. The third-order valence-corrected chi connectivity index (χ3v) is 6.12. The largest absolute Gasteiger partial charge is 0.440 e. The van der Waals surface area contributed by atoms with Crippen molar-refractivity contribution in [3.05, 3.63) is 109 Å². The van der Waals surface area contributed by atoms with Crippen LogP contribution in [0.5, 0.6) is 0 Å². The van der Waals surface area contributed by atoms with Crippen molar-refractivity contribution in [2.24, 2.45) is 0 Å². The van der Waals surface area contributed by atoms with Crippen molar-refractivity contribution in [1.29, 1.82) is 0 Å². The third-order valence-electron chi connectivity index (χ3n) is 6.12. The highest BCUT2D eigenvalue weighted by atomic mass is 16.5. The Labute approximate surface area is 245 Å². The van der Waals surface area contributed by atoms with Gasteiger partial charge in [0.2, 0.25) is 0 Å². The molecule has 0 spiro atoms. The van der Waals surface area contributed by atoms with Gasteiger partial charge in [0.15, 0.2) is 13.5 Å². The molecule has 10 heteroatoms. The highest BCUT2D eigenvalue weighted by Crippen LogP contribution is 2.26. The first-order valence-electron chi connectivity index (χ1n) is 13.0. The van der Waals surface area contributed by atoms with Gasteiger partial charge in [0.25, 0.3) is 0 Å². The summed E-state index contributed by atoms with van der Waals surface area (Å²) in [6.45, 7) is 9.55. The molecule has 3 rings (SSSR count). The number of nitrogens with zero attached hydrogens (tertiary/aromatic N) is 4. The summed E-state index contributed by atoms with van der Waals surface area (Å²) < 4.78 is 10.6. The molecule has 0 aliphatic carbocycles. The van der Waals surface area contributed by atoms with E-state index >= 15 is 0 Å². The number of carbonyl (C=O) groups excluding carboxylic acids is 4. The lowest BCUT2D eigenvalue weighted by Crippen LogP contribution is -2.44. The van der Waals surface area contributed by atoms with Crippen molar-refractivity contribution < 1.29 is 28.7 Å². The first-order chi connectivity index (χ1) is 20.0. The molecule has 0 aliphatic heterocycles. The molecule has 42 heavy (non-hydrogen) atoms. The van der Waals surface area contributed by atoms with Crippen LogP contribution in [0.3, 0.4) is 0 Å². The minimum atomic E-state index is -0.620. The Morgan fingerprint density at radius 2 is 0.905 bits per heavy atom. The summed E-state index contributed by atoms with van der Waals surface area (Å²) >= 11 is 0. The summed E-state index contributed by atoms with van der Waals surface area (Å²) in [5.41, 5.74) is 2.42. The summed E-state index contributed by atoms with van der Waals surface area (Å²) in [5, 5.41) is 0. The average Bonchev–Trinajstić information content (AvgIpc) is 3.01. The molecule has 0 heterocycles. The molecule has 0 fully saturated rings. The minimum Gasteiger partial charge on any atom is -0.440 e. The van der Waals surface area contributed by atoms with E-state index in [-0.39, 0.29) is 24.6 Å². The van der Waals surface area contributed by atoms with Crippen molar-refractivity contribution in [3.63, 3.8) is 0 Å². The van der Waals surface area contributed by atoms with E-state index in [0.29, 0.717) is 22.7 Å². The molecular weight excluding hydrogens is 536 g/mol. The van der Waals surface area contributed by atoms with Crippen LogP contribution in [0.4, 0.5) is 32.3 Å². The number of urea groups is 2. The van der Waals surface area contributed by atoms with E-state index < -0.39 is 24.0 Å². The van der Waals surface area contributed by atoms with Gasteiger partial charge in [-0.05, 0) is 56.3 Å². The fourth-order valence-electron chi connectivity index (χ4n) is 3.68. The van der Waals surface area contributed by atoms with Crippen molar-refractivity contribution in [2.45, 2.75) is 13.8 Å². The Balaban J connectivity index is 1.86. The Kier molecular flexibility index (Phi) is 10.6. The van der Waals surface area contributed by atoms with E-state index in [1.807, 2.05) is 12.1 Å². The molecule has 0 aromatic heterocycles. The third kappa shape index (κ3) is 7.85. The maximum atomic E-state index is 13.6. The van der Waals surface area contributed by atoms with E-state index in [9.17, 15) is 19.2 Å². The SMILES string of the molecule is C=C(C)C(=O)OCN(C(=O)N(C)c1cccc(N(C)C(=O)N(COC(=O)C(=C)C)c2ccccc2)c1)c1ccccc1. The number of anilines is 4. The van der Waals surface area contributed by atoms with Gasteiger partial charge in [0, 0.05) is 48.0 Å². The maximum Gasteiger partial charge on any atom is 0.334 e. The van der Waals surface area contributed by atoms with Crippen molar-refractivity contribution in [2.75, 3.05) is 47.2 Å². The zero-order valence-electron chi connectivity index (χ0n) is 24.1. The van der Waals surface area contributed by atoms with E-state index in [0.717, 1.165) is 0 Å². The smallest absolute Gasteiger partial charge is 0.334 e. The number of hydrogen-bond donors (Lipinski definition) is 0. The van der Waals surface area contributed by atoms with Crippen molar-refractivity contribution in [3.8, 4) is 0 Å². The molecule has 0 aliphatic rings. The molecule has 0 saturated carbocycles. The molecule has 3 aromatic carbocycles. The number of carbonyl (C=O) groups is 4. The number of para-hydroxylation sites is 2. The van der Waals surface area contributed by atoms with E-state index in [1.54, 1.807) is 86.9 Å². The molecule has 3 aromatic rings. The van der Waals surface area contributed by atoms with Crippen LogP contribution >= 0.6 is 0 Å². The molecule has 0 radical (unpaired) electrons. The normalized spacial score (nSPS) is 10.2. The number of hydrogen-bond acceptors (Lipinski definition) is 6. The fraction of sp³-hybridized carbons (Fsp3) is 0.188. The van der Waals surface area contributed by atoms with Gasteiger partial charge < -0.3 is 9.47 Å². The number of ether oxygens (including phenoxy) is 2. The zero-order chi connectivity index (χ0) is 30.8. The Bertz CT molecular complexity index is 1350. The van der Waals surface area contributed by atoms with Crippen molar-refractivity contribution in [1.82, 2.24) is 0 Å². The van der Waals surface area contributed by atoms with Gasteiger partial charge in [-0.25, -0.2) is 19.2 Å². The summed E-state index contributed by atoms with van der Waals surface area (Å²) in [6.07, 6.45) is 0. The second-order valence-electron chi connectivity index (χ2n) is 9.41. The number of benzene rings is 3. The Morgan fingerprint density at radius 1 is 0.571 bits per heavy atom. The number of esters is 2. The predicted octanol–water partition coefficient (Wildman–Crippen LogP) is 5.97. The summed E-state index contributed by atoms with van der Waals surface area (Å²) in [7, 11) is 3.15. The zero-order valence-corrected chi connectivity index (χ0v) is 24.1. The highest BCUT2D eigenvalue weighted by Gasteiger charge is 2.25. The van der Waals surface area contributed by atoms with Crippen molar-refractivity contribution >= 4 is 46.8 Å². The van der Waals surface area contributed by atoms with Gasteiger partial charge in [-0.15, -0.1) is 0 Å². The van der Waals surface area contributed by atoms with Crippen LogP contribution in [0.2, 0.25) is 0 Å². The molecule has 0 atom stereocenters. The van der Waals surface area contributed by atoms with E-state index in [2.05, 4.69) is 13.2 Å². The highest BCUT2D eigenvalue weighted by molar-refractivity contribution is 6.06. The van der Waals surface area contributed by atoms with Crippen LogP contribution in [0.15, 0.2) is 109 Å². The molecule has 218 valence electrons. The van der Waals surface area contributed by atoms with Crippen LogP contribution in [-0.4, -0.2) is 51.6 Å². The lowest BCUT2D eigenvalue weighted by Gasteiger charge is -2.30. The predicted molar refractivity (Wildman–Crippen MR) is 163 cm³/mol. The molecule has 0 unspecified atom stereocenters. The molecule has 0 saturated heterocycles. The van der Waals surface area contributed by atoms with Gasteiger partial charge in [-0.3, -0.25) is 19.6 Å². The van der Waals surface area contributed by atoms with Crippen LogP contribution in [0.1, 0.15) is 13.8 Å². The van der Waals surface area contributed by atoms with E-state index in [1.165, 1.54) is 33.4 Å². The number of amides is 4. The monoisotopic (exact) mass is 570 g/mol. The minimum absolute atomic E-state index is 0.211. The van der Waals surface area contributed by atoms with Crippen LogP contribution in [0.25, 0.3) is 0 Å². The molecule has 10 nitrogen and oxygen atoms in total. The van der Waals surface area contributed by atoms with Gasteiger partial charge in [0.1, 0.15) is 0 Å².